The molecule has 0 radical (unpaired) electrons. The zero-order chi connectivity index (χ0) is 15.0. The highest BCUT2D eigenvalue weighted by atomic mass is 32.2. The van der Waals surface area contributed by atoms with Crippen molar-refractivity contribution in [1.29, 1.82) is 0 Å². The van der Waals surface area contributed by atoms with Crippen LogP contribution in [0.4, 0.5) is 0 Å². The Balaban J connectivity index is 2.19. The third-order valence-corrected chi connectivity index (χ3v) is 5.15. The molecule has 3 rings (SSSR count). The van der Waals surface area contributed by atoms with Crippen LogP contribution in [0.15, 0.2) is 65.7 Å². The number of aliphatic hydroxyl groups is 1. The van der Waals surface area contributed by atoms with Gasteiger partial charge in [-0.25, -0.2) is 12.4 Å². The predicted molar refractivity (Wildman–Crippen MR) is 81.6 cm³/mol. The summed E-state index contributed by atoms with van der Waals surface area (Å²) >= 11 is 0. The van der Waals surface area contributed by atoms with Crippen molar-refractivity contribution in [3.05, 3.63) is 66.4 Å². The molecule has 1 aromatic heterocycles. The minimum Gasteiger partial charge on any atom is -0.389 e. The van der Waals surface area contributed by atoms with Crippen LogP contribution in [0.5, 0.6) is 0 Å². The maximum absolute atomic E-state index is 12.8. The average molecular weight is 301 g/mol. The van der Waals surface area contributed by atoms with Crippen molar-refractivity contribution in [3.63, 3.8) is 0 Å². The molecular formula is C16H15NO3S. The van der Waals surface area contributed by atoms with E-state index < -0.39 is 16.1 Å². The summed E-state index contributed by atoms with van der Waals surface area (Å²) in [5.74, 6) is 0. The Kier molecular flexibility index (Phi) is 3.31. The highest BCUT2D eigenvalue weighted by molar-refractivity contribution is 7.90. The van der Waals surface area contributed by atoms with Gasteiger partial charge in [-0.1, -0.05) is 30.3 Å². The van der Waals surface area contributed by atoms with E-state index in [1.54, 1.807) is 43.5 Å². The lowest BCUT2D eigenvalue weighted by Crippen LogP contribution is -2.12. The van der Waals surface area contributed by atoms with Crippen LogP contribution in [0.3, 0.4) is 0 Å². The molecule has 0 spiro atoms. The Bertz CT molecular complexity index is 895. The van der Waals surface area contributed by atoms with E-state index >= 15 is 0 Å². The maximum atomic E-state index is 12.8. The Morgan fingerprint density at radius 1 is 1.05 bits per heavy atom. The molecule has 0 aliphatic carbocycles. The summed E-state index contributed by atoms with van der Waals surface area (Å²) in [4.78, 5) is 0.169. The van der Waals surface area contributed by atoms with E-state index in [1.165, 1.54) is 16.1 Å². The third-order valence-electron chi connectivity index (χ3n) is 3.46. The summed E-state index contributed by atoms with van der Waals surface area (Å²) in [6.45, 7) is 1.61. The van der Waals surface area contributed by atoms with E-state index in [1.807, 2.05) is 12.1 Å². The molecule has 0 saturated heterocycles. The number of rotatable bonds is 3. The minimum absolute atomic E-state index is 0.169. The molecule has 0 aliphatic rings. The quantitative estimate of drug-likeness (QED) is 0.809. The van der Waals surface area contributed by atoms with Gasteiger partial charge in [-0.05, 0) is 36.8 Å². The highest BCUT2D eigenvalue weighted by Crippen LogP contribution is 2.24. The van der Waals surface area contributed by atoms with E-state index in [-0.39, 0.29) is 4.90 Å². The number of para-hydroxylation sites is 1. The maximum Gasteiger partial charge on any atom is 0.268 e. The number of fused-ring (bicyclic) bond motifs is 1. The summed E-state index contributed by atoms with van der Waals surface area (Å²) in [5, 5.41) is 10.5. The molecule has 3 aromatic rings. The van der Waals surface area contributed by atoms with Gasteiger partial charge in [0, 0.05) is 11.6 Å². The van der Waals surface area contributed by atoms with Gasteiger partial charge in [-0.2, -0.15) is 0 Å². The number of aromatic nitrogens is 1. The standard InChI is InChI=1S/C16H15NO3S/c1-12(18)14-6-4-7-15(11-14)21(19,20)17-10-9-13-5-2-3-8-16(13)17/h2-12,18H,1H3. The lowest BCUT2D eigenvalue weighted by Gasteiger charge is -2.10. The number of nitrogens with zero attached hydrogens (tertiary/aromatic N) is 1. The van der Waals surface area contributed by atoms with Crippen LogP contribution in [-0.4, -0.2) is 17.5 Å². The normalized spacial score (nSPS) is 13.4. The zero-order valence-corrected chi connectivity index (χ0v) is 12.3. The van der Waals surface area contributed by atoms with Crippen molar-refractivity contribution < 1.29 is 13.5 Å². The van der Waals surface area contributed by atoms with E-state index in [4.69, 9.17) is 0 Å². The molecule has 108 valence electrons. The largest absolute Gasteiger partial charge is 0.389 e. The first-order valence-corrected chi connectivity index (χ1v) is 8.04. The SMILES string of the molecule is CC(O)c1cccc(S(=O)(=O)n2ccc3ccccc32)c1. The van der Waals surface area contributed by atoms with Crippen molar-refractivity contribution >= 4 is 20.9 Å². The van der Waals surface area contributed by atoms with Gasteiger partial charge in [0.05, 0.1) is 16.5 Å². The minimum atomic E-state index is -3.67. The first-order chi connectivity index (χ1) is 10.00. The van der Waals surface area contributed by atoms with E-state index in [2.05, 4.69) is 0 Å². The summed E-state index contributed by atoms with van der Waals surface area (Å²) in [6.07, 6.45) is 0.844. The highest BCUT2D eigenvalue weighted by Gasteiger charge is 2.19. The van der Waals surface area contributed by atoms with Gasteiger partial charge in [0.2, 0.25) is 0 Å². The molecule has 1 unspecified atom stereocenters. The zero-order valence-electron chi connectivity index (χ0n) is 11.5. The fourth-order valence-electron chi connectivity index (χ4n) is 2.32. The lowest BCUT2D eigenvalue weighted by molar-refractivity contribution is 0.199. The molecule has 4 nitrogen and oxygen atoms in total. The van der Waals surface area contributed by atoms with Gasteiger partial charge in [0.1, 0.15) is 0 Å². The molecule has 0 aliphatic heterocycles. The van der Waals surface area contributed by atoms with Crippen molar-refractivity contribution in [3.8, 4) is 0 Å². The fraction of sp³-hybridized carbons (Fsp3) is 0.125. The molecule has 0 amide bonds. The van der Waals surface area contributed by atoms with E-state index in [0.717, 1.165) is 5.39 Å². The third kappa shape index (κ3) is 2.34. The van der Waals surface area contributed by atoms with Crippen molar-refractivity contribution in [2.45, 2.75) is 17.9 Å². The molecule has 1 heterocycles. The molecule has 21 heavy (non-hydrogen) atoms. The summed E-state index contributed by atoms with van der Waals surface area (Å²) < 4.78 is 26.8. The van der Waals surface area contributed by atoms with Gasteiger partial charge >= 0.3 is 0 Å². The van der Waals surface area contributed by atoms with Crippen molar-refractivity contribution in [1.82, 2.24) is 3.97 Å². The van der Waals surface area contributed by atoms with Crippen LogP contribution in [0.2, 0.25) is 0 Å². The molecule has 1 N–H and O–H groups in total. The second kappa shape index (κ2) is 5.02. The van der Waals surface area contributed by atoms with Gasteiger partial charge < -0.3 is 5.11 Å². The van der Waals surface area contributed by atoms with Gasteiger partial charge in [-0.3, -0.25) is 0 Å². The Hall–Kier alpha value is -2.11. The number of hydrogen-bond donors (Lipinski definition) is 1. The summed E-state index contributed by atoms with van der Waals surface area (Å²) in [5.41, 5.74) is 1.22. The van der Waals surface area contributed by atoms with E-state index in [0.29, 0.717) is 11.1 Å². The monoisotopic (exact) mass is 301 g/mol. The molecule has 2 aromatic carbocycles. The Morgan fingerprint density at radius 2 is 1.81 bits per heavy atom. The summed E-state index contributed by atoms with van der Waals surface area (Å²) in [6, 6.07) is 15.5. The van der Waals surface area contributed by atoms with Crippen LogP contribution in [0, 0.1) is 0 Å². The molecule has 0 bridgehead atoms. The van der Waals surface area contributed by atoms with Gasteiger partial charge in [0.15, 0.2) is 0 Å². The first kappa shape index (κ1) is 13.9. The molecule has 0 saturated carbocycles. The molecule has 0 fully saturated rings. The average Bonchev–Trinajstić information content (AvgIpc) is 2.92. The molecule has 5 heteroatoms. The molecular weight excluding hydrogens is 286 g/mol. The van der Waals surface area contributed by atoms with Gasteiger partial charge in [-0.15, -0.1) is 0 Å². The Labute approximate surface area is 123 Å². The molecule has 1 atom stereocenters. The van der Waals surface area contributed by atoms with Crippen LogP contribution < -0.4 is 0 Å². The van der Waals surface area contributed by atoms with Crippen molar-refractivity contribution in [2.24, 2.45) is 0 Å². The van der Waals surface area contributed by atoms with Crippen LogP contribution in [-0.2, 0) is 10.0 Å². The van der Waals surface area contributed by atoms with Crippen LogP contribution in [0.25, 0.3) is 10.9 Å². The Morgan fingerprint density at radius 3 is 2.57 bits per heavy atom. The second-order valence-corrected chi connectivity index (χ2v) is 6.74. The number of aliphatic hydroxyl groups excluding tert-OH is 1. The second-order valence-electron chi connectivity index (χ2n) is 4.92. The summed E-state index contributed by atoms with van der Waals surface area (Å²) in [7, 11) is -3.67. The number of benzene rings is 2. The van der Waals surface area contributed by atoms with Crippen LogP contribution in [0.1, 0.15) is 18.6 Å². The first-order valence-electron chi connectivity index (χ1n) is 6.60. The fourth-order valence-corrected chi connectivity index (χ4v) is 3.72. The topological polar surface area (TPSA) is 59.3 Å². The smallest absolute Gasteiger partial charge is 0.268 e. The van der Waals surface area contributed by atoms with Gasteiger partial charge in [0.25, 0.3) is 10.0 Å². The predicted octanol–water partition coefficient (Wildman–Crippen LogP) is 2.93. The van der Waals surface area contributed by atoms with E-state index in [9.17, 15) is 13.5 Å². The van der Waals surface area contributed by atoms with Crippen molar-refractivity contribution in [2.75, 3.05) is 0 Å². The lowest BCUT2D eigenvalue weighted by atomic mass is 10.1. The number of hydrogen-bond acceptors (Lipinski definition) is 3. The van der Waals surface area contributed by atoms with Crippen LogP contribution >= 0.6 is 0 Å².